The minimum Gasteiger partial charge on any atom is -0.452 e. The maximum absolute atomic E-state index is 14.3. The fraction of sp³-hybridized carbons (Fsp3) is 0.240. The highest BCUT2D eigenvalue weighted by Crippen LogP contribution is 2.38. The highest BCUT2D eigenvalue weighted by atomic mass is 35.5. The number of amides is 1. The number of pyridine rings is 1. The highest BCUT2D eigenvalue weighted by Gasteiger charge is 2.29. The van der Waals surface area contributed by atoms with Crippen molar-refractivity contribution in [2.24, 2.45) is 0 Å². The van der Waals surface area contributed by atoms with Crippen molar-refractivity contribution < 1.29 is 18.7 Å². The summed E-state index contributed by atoms with van der Waals surface area (Å²) in [5, 5.41) is 3.79. The van der Waals surface area contributed by atoms with Gasteiger partial charge in [0.2, 0.25) is 0 Å². The van der Waals surface area contributed by atoms with Crippen LogP contribution in [-0.4, -0.2) is 29.5 Å². The van der Waals surface area contributed by atoms with Crippen LogP contribution in [0.1, 0.15) is 46.4 Å². The number of hydrogen-bond donors (Lipinski definition) is 1. The van der Waals surface area contributed by atoms with E-state index < -0.39 is 11.8 Å². The van der Waals surface area contributed by atoms with Gasteiger partial charge in [-0.25, -0.2) is 14.2 Å². The van der Waals surface area contributed by atoms with Gasteiger partial charge in [0.15, 0.2) is 6.61 Å². The number of ether oxygens (including phenoxy) is 1. The van der Waals surface area contributed by atoms with Crippen LogP contribution in [0.5, 0.6) is 0 Å². The number of allylic oxidation sites excluding steroid dienone is 1. The number of nitrogens with one attached hydrogen (secondary N) is 1. The molecule has 1 saturated carbocycles. The molecule has 162 valence electrons. The lowest BCUT2D eigenvalue weighted by Gasteiger charge is -2.12. The van der Waals surface area contributed by atoms with Crippen LogP contribution in [0, 0.1) is 5.82 Å². The fourth-order valence-electron chi connectivity index (χ4n) is 4.04. The summed E-state index contributed by atoms with van der Waals surface area (Å²) in [5.41, 5.74) is 3.53. The molecule has 0 unspecified atom stereocenters. The van der Waals surface area contributed by atoms with E-state index in [-0.39, 0.29) is 18.6 Å². The third-order valence-electron chi connectivity index (χ3n) is 5.74. The molecule has 1 amide bonds. The van der Waals surface area contributed by atoms with Gasteiger partial charge in [0, 0.05) is 17.0 Å². The van der Waals surface area contributed by atoms with Gasteiger partial charge in [0.05, 0.1) is 21.8 Å². The maximum atomic E-state index is 14.3. The number of halogens is 2. The quantitative estimate of drug-likeness (QED) is 0.558. The number of hydrogen-bond acceptors (Lipinski definition) is 4. The Hall–Kier alpha value is -3.25. The summed E-state index contributed by atoms with van der Waals surface area (Å²) in [4.78, 5) is 29.8. The third-order valence-corrected chi connectivity index (χ3v) is 6.07. The summed E-state index contributed by atoms with van der Waals surface area (Å²) in [6.07, 6.45) is 4.77. The second-order valence-electron chi connectivity index (χ2n) is 8.05. The first-order valence-corrected chi connectivity index (χ1v) is 10.9. The molecule has 0 saturated heterocycles. The van der Waals surface area contributed by atoms with E-state index in [2.05, 4.69) is 5.32 Å². The van der Waals surface area contributed by atoms with Crippen molar-refractivity contribution in [2.45, 2.75) is 31.7 Å². The zero-order chi connectivity index (χ0) is 22.2. The first-order valence-electron chi connectivity index (χ1n) is 10.5. The monoisotopic (exact) mass is 450 g/mol. The number of nitrogens with zero attached hydrogens (tertiary/aromatic N) is 1. The zero-order valence-electron chi connectivity index (χ0n) is 17.2. The van der Waals surface area contributed by atoms with Gasteiger partial charge in [-0.1, -0.05) is 35.9 Å². The van der Waals surface area contributed by atoms with Crippen molar-refractivity contribution in [3.63, 3.8) is 0 Å². The molecule has 1 fully saturated rings. The molecular weight excluding hydrogens is 431 g/mol. The van der Waals surface area contributed by atoms with Crippen LogP contribution >= 0.6 is 11.6 Å². The number of fused-ring (bicyclic) bond motifs is 2. The molecule has 0 spiro atoms. The van der Waals surface area contributed by atoms with E-state index in [4.69, 9.17) is 21.3 Å². The third kappa shape index (κ3) is 3.98. The number of carbonyl (C=O) groups excluding carboxylic acids is 2. The molecule has 3 aromatic rings. The average Bonchev–Trinajstić information content (AvgIpc) is 3.51. The van der Waals surface area contributed by atoms with Crippen LogP contribution in [0.25, 0.3) is 22.6 Å². The van der Waals surface area contributed by atoms with Crippen molar-refractivity contribution in [3.8, 4) is 0 Å². The Morgan fingerprint density at radius 3 is 2.75 bits per heavy atom. The highest BCUT2D eigenvalue weighted by molar-refractivity contribution is 6.32. The molecular formula is C25H20ClFN2O3. The molecule has 2 aliphatic rings. The van der Waals surface area contributed by atoms with E-state index in [0.29, 0.717) is 45.6 Å². The average molecular weight is 451 g/mol. The van der Waals surface area contributed by atoms with Gasteiger partial charge in [-0.2, -0.15) is 0 Å². The molecule has 1 aromatic heterocycles. The maximum Gasteiger partial charge on any atom is 0.339 e. The van der Waals surface area contributed by atoms with Gasteiger partial charge in [-0.3, -0.25) is 4.79 Å². The summed E-state index contributed by atoms with van der Waals surface area (Å²) in [7, 11) is 0. The molecule has 0 atom stereocenters. The number of aromatic nitrogens is 1. The number of benzene rings is 2. The Bertz CT molecular complexity index is 1260. The predicted octanol–water partition coefficient (Wildman–Crippen LogP) is 4.95. The van der Waals surface area contributed by atoms with E-state index in [1.54, 1.807) is 18.2 Å². The second kappa shape index (κ2) is 8.36. The first-order chi connectivity index (χ1) is 15.5. The first kappa shape index (κ1) is 20.6. The molecule has 2 aliphatic carbocycles. The van der Waals surface area contributed by atoms with E-state index in [1.165, 1.54) is 6.07 Å². The molecule has 1 heterocycles. The molecule has 32 heavy (non-hydrogen) atoms. The molecule has 2 aromatic carbocycles. The fourth-order valence-corrected chi connectivity index (χ4v) is 4.25. The van der Waals surface area contributed by atoms with Gasteiger partial charge >= 0.3 is 5.97 Å². The molecule has 7 heteroatoms. The lowest BCUT2D eigenvalue weighted by atomic mass is 10.0. The van der Waals surface area contributed by atoms with Gasteiger partial charge in [-0.05, 0) is 61.1 Å². The van der Waals surface area contributed by atoms with Crippen LogP contribution in [0.2, 0.25) is 5.02 Å². The standard InChI is InChI=1S/C25H20ClFN2O3/c26-19-5-3-6-20(27)18(19)12-14-8-11-17-23(16-4-1-2-7-21(16)29-24(14)17)25(31)32-13-22(30)28-15-9-10-15/h1-7,12,15H,8-11,13H2,(H,28,30). The minimum absolute atomic E-state index is 0.199. The van der Waals surface area contributed by atoms with Crippen LogP contribution in [-0.2, 0) is 16.0 Å². The molecule has 5 nitrogen and oxygen atoms in total. The summed E-state index contributed by atoms with van der Waals surface area (Å²) in [5.74, 6) is -1.28. The van der Waals surface area contributed by atoms with Crippen molar-refractivity contribution >= 4 is 46.0 Å². The van der Waals surface area contributed by atoms with Crippen LogP contribution < -0.4 is 5.32 Å². The Labute approximate surface area is 189 Å². The number of carbonyl (C=O) groups is 2. The number of para-hydroxylation sites is 1. The van der Waals surface area contributed by atoms with Gasteiger partial charge < -0.3 is 10.1 Å². The molecule has 0 aliphatic heterocycles. The lowest BCUT2D eigenvalue weighted by Crippen LogP contribution is -2.30. The van der Waals surface area contributed by atoms with E-state index in [1.807, 2.05) is 24.3 Å². The van der Waals surface area contributed by atoms with Crippen LogP contribution in [0.3, 0.4) is 0 Å². The molecule has 5 rings (SSSR count). The van der Waals surface area contributed by atoms with Crippen molar-refractivity contribution in [2.75, 3.05) is 6.61 Å². The summed E-state index contributed by atoms with van der Waals surface area (Å²) in [6, 6.07) is 12.1. The van der Waals surface area contributed by atoms with E-state index in [9.17, 15) is 14.0 Å². The predicted molar refractivity (Wildman–Crippen MR) is 121 cm³/mol. The Balaban J connectivity index is 1.53. The Kier molecular flexibility index (Phi) is 5.39. The van der Waals surface area contributed by atoms with E-state index in [0.717, 1.165) is 24.0 Å². The Morgan fingerprint density at radius 1 is 1.16 bits per heavy atom. The topological polar surface area (TPSA) is 68.3 Å². The summed E-state index contributed by atoms with van der Waals surface area (Å²) >= 11 is 6.21. The Morgan fingerprint density at radius 2 is 1.97 bits per heavy atom. The van der Waals surface area contributed by atoms with Crippen molar-refractivity contribution in [1.82, 2.24) is 10.3 Å². The largest absolute Gasteiger partial charge is 0.452 e. The molecule has 0 bridgehead atoms. The number of esters is 1. The van der Waals surface area contributed by atoms with E-state index >= 15 is 0 Å². The zero-order valence-corrected chi connectivity index (χ0v) is 17.9. The minimum atomic E-state index is -0.559. The lowest BCUT2D eigenvalue weighted by molar-refractivity contribution is -0.124. The molecule has 1 N–H and O–H groups in total. The van der Waals surface area contributed by atoms with Gasteiger partial charge in [-0.15, -0.1) is 0 Å². The summed E-state index contributed by atoms with van der Waals surface area (Å²) < 4.78 is 19.7. The van der Waals surface area contributed by atoms with Crippen LogP contribution in [0.15, 0.2) is 42.5 Å². The van der Waals surface area contributed by atoms with Crippen molar-refractivity contribution in [1.29, 1.82) is 0 Å². The van der Waals surface area contributed by atoms with Gasteiger partial charge in [0.25, 0.3) is 5.91 Å². The number of rotatable bonds is 5. The van der Waals surface area contributed by atoms with Gasteiger partial charge in [0.1, 0.15) is 5.82 Å². The van der Waals surface area contributed by atoms with Crippen LogP contribution in [0.4, 0.5) is 4.39 Å². The smallest absolute Gasteiger partial charge is 0.339 e. The summed E-state index contributed by atoms with van der Waals surface area (Å²) in [6.45, 7) is -0.325. The normalized spacial score (nSPS) is 16.2. The van der Waals surface area contributed by atoms with Crippen molar-refractivity contribution in [3.05, 3.63) is 75.7 Å². The molecule has 0 radical (unpaired) electrons. The second-order valence-corrected chi connectivity index (χ2v) is 8.46. The SMILES string of the molecule is O=C(COC(=O)c1c2c(nc3ccccc13)C(=Cc1c(F)cccc1Cl)CC2)NC1CC1.